The van der Waals surface area contributed by atoms with E-state index in [1.165, 1.54) is 22.4 Å². The molecule has 1 amide bonds. The van der Waals surface area contributed by atoms with Crippen LogP contribution in [-0.4, -0.2) is 25.7 Å². The van der Waals surface area contributed by atoms with Crippen molar-refractivity contribution < 1.29 is 9.18 Å². The van der Waals surface area contributed by atoms with E-state index in [4.69, 9.17) is 16.6 Å². The zero-order valence-electron chi connectivity index (χ0n) is 19.9. The van der Waals surface area contributed by atoms with Crippen LogP contribution in [-0.2, 0) is 7.05 Å². The van der Waals surface area contributed by atoms with Crippen molar-refractivity contribution in [2.45, 2.75) is 45.6 Å². The number of H-pyrrole nitrogens is 1. The van der Waals surface area contributed by atoms with E-state index in [1.807, 2.05) is 19.9 Å². The Morgan fingerprint density at radius 2 is 1.88 bits per heavy atom. The lowest BCUT2D eigenvalue weighted by atomic mass is 9.81. The Labute approximate surface area is 203 Å². The molecule has 0 aliphatic carbocycles. The number of rotatable bonds is 7. The Kier molecular flexibility index (Phi) is 6.75. The second-order valence-corrected chi connectivity index (χ2v) is 9.69. The van der Waals surface area contributed by atoms with Crippen molar-refractivity contribution in [2.75, 3.05) is 0 Å². The molecule has 0 radical (unpaired) electrons. The fourth-order valence-electron chi connectivity index (χ4n) is 4.39. The lowest BCUT2D eigenvalue weighted by Gasteiger charge is -2.31. The zero-order chi connectivity index (χ0) is 24.6. The molecule has 2 aromatic heterocycles. The summed E-state index contributed by atoms with van der Waals surface area (Å²) >= 11 is 6.54. The standard InChI is InChI=1S/C26H29ClFN5O/c1-14(2)16-6-9-20-21(12-16)31-25(30-20)24(32-26(34)22-10-11-29-33(22)5)23(15(3)4)18-13-17(28)7-8-19(18)27/h6-15,23-24H,1-5H3,(H,30,31)(H,32,34). The number of hydrogen-bond donors (Lipinski definition) is 2. The number of benzene rings is 2. The third-order valence-corrected chi connectivity index (χ3v) is 6.56. The van der Waals surface area contributed by atoms with Gasteiger partial charge in [-0.1, -0.05) is 45.4 Å². The van der Waals surface area contributed by atoms with Crippen LogP contribution in [0.15, 0.2) is 48.7 Å². The number of amides is 1. The highest BCUT2D eigenvalue weighted by Gasteiger charge is 2.34. The van der Waals surface area contributed by atoms with Gasteiger partial charge in [-0.2, -0.15) is 5.10 Å². The quantitative estimate of drug-likeness (QED) is 0.333. The minimum atomic E-state index is -0.586. The summed E-state index contributed by atoms with van der Waals surface area (Å²) in [6.45, 7) is 8.32. The second-order valence-electron chi connectivity index (χ2n) is 9.28. The van der Waals surface area contributed by atoms with Crippen LogP contribution in [0.5, 0.6) is 0 Å². The molecule has 4 rings (SSSR count). The van der Waals surface area contributed by atoms with E-state index >= 15 is 0 Å². The molecule has 2 unspecified atom stereocenters. The van der Waals surface area contributed by atoms with E-state index in [0.717, 1.165) is 11.0 Å². The van der Waals surface area contributed by atoms with E-state index in [2.05, 4.69) is 41.4 Å². The number of aromatic nitrogens is 4. The van der Waals surface area contributed by atoms with E-state index in [0.29, 0.717) is 28.0 Å². The van der Waals surface area contributed by atoms with Gasteiger partial charge in [0.1, 0.15) is 17.3 Å². The van der Waals surface area contributed by atoms with Crippen LogP contribution < -0.4 is 5.32 Å². The first kappa shape index (κ1) is 24.0. The molecule has 178 valence electrons. The number of hydrogen-bond acceptors (Lipinski definition) is 3. The molecule has 0 saturated carbocycles. The van der Waals surface area contributed by atoms with Crippen molar-refractivity contribution in [3.8, 4) is 0 Å². The normalized spacial score (nSPS) is 13.6. The molecular formula is C26H29ClFN5O. The molecule has 6 nitrogen and oxygen atoms in total. The summed E-state index contributed by atoms with van der Waals surface area (Å²) in [6, 6.07) is 11.5. The van der Waals surface area contributed by atoms with Gasteiger partial charge in [0.25, 0.3) is 5.91 Å². The fourth-order valence-corrected chi connectivity index (χ4v) is 4.63. The highest BCUT2D eigenvalue weighted by Crippen LogP contribution is 2.40. The monoisotopic (exact) mass is 481 g/mol. The number of nitrogens with zero attached hydrogens (tertiary/aromatic N) is 3. The minimum absolute atomic E-state index is 0.00979. The molecule has 2 aromatic carbocycles. The maximum Gasteiger partial charge on any atom is 0.270 e. The van der Waals surface area contributed by atoms with Crippen molar-refractivity contribution in [3.63, 3.8) is 0 Å². The van der Waals surface area contributed by atoms with E-state index in [1.54, 1.807) is 25.4 Å². The molecule has 2 heterocycles. The van der Waals surface area contributed by atoms with Gasteiger partial charge in [0, 0.05) is 24.2 Å². The maximum atomic E-state index is 14.3. The molecule has 4 aromatic rings. The van der Waals surface area contributed by atoms with Gasteiger partial charge in [0.15, 0.2) is 0 Å². The van der Waals surface area contributed by atoms with Crippen LogP contribution >= 0.6 is 11.6 Å². The van der Waals surface area contributed by atoms with Gasteiger partial charge in [0.05, 0.1) is 17.1 Å². The molecule has 2 atom stereocenters. The Morgan fingerprint density at radius 1 is 1.12 bits per heavy atom. The lowest BCUT2D eigenvalue weighted by molar-refractivity contribution is 0.0913. The van der Waals surface area contributed by atoms with Crippen molar-refractivity contribution >= 4 is 28.5 Å². The average molecular weight is 482 g/mol. The molecule has 0 saturated heterocycles. The Hall–Kier alpha value is -3.19. The van der Waals surface area contributed by atoms with Crippen molar-refractivity contribution in [1.29, 1.82) is 0 Å². The number of aryl methyl sites for hydroxylation is 1. The van der Waals surface area contributed by atoms with Gasteiger partial charge in [-0.05, 0) is 59.4 Å². The fraction of sp³-hybridized carbons (Fsp3) is 0.346. The summed E-state index contributed by atoms with van der Waals surface area (Å²) in [6.07, 6.45) is 1.57. The molecular weight excluding hydrogens is 453 g/mol. The first-order valence-electron chi connectivity index (χ1n) is 11.4. The van der Waals surface area contributed by atoms with Gasteiger partial charge in [-0.25, -0.2) is 9.37 Å². The first-order valence-corrected chi connectivity index (χ1v) is 11.8. The predicted molar refractivity (Wildman–Crippen MR) is 133 cm³/mol. The Bertz CT molecular complexity index is 1330. The molecule has 34 heavy (non-hydrogen) atoms. The molecule has 2 N–H and O–H groups in total. The summed E-state index contributed by atoms with van der Waals surface area (Å²) in [4.78, 5) is 21.5. The molecule has 0 spiro atoms. The van der Waals surface area contributed by atoms with Gasteiger partial charge in [-0.15, -0.1) is 0 Å². The molecule has 8 heteroatoms. The summed E-state index contributed by atoms with van der Waals surface area (Å²) in [5.41, 5.74) is 3.90. The van der Waals surface area contributed by atoms with Crippen molar-refractivity contribution in [3.05, 3.63) is 82.1 Å². The van der Waals surface area contributed by atoms with Crippen molar-refractivity contribution in [1.82, 2.24) is 25.1 Å². The van der Waals surface area contributed by atoms with E-state index in [-0.39, 0.29) is 23.6 Å². The number of halogens is 2. The smallest absolute Gasteiger partial charge is 0.270 e. The van der Waals surface area contributed by atoms with Crippen LogP contribution in [0, 0.1) is 11.7 Å². The van der Waals surface area contributed by atoms with Crippen LogP contribution in [0.1, 0.15) is 73.0 Å². The molecule has 0 bridgehead atoms. The maximum absolute atomic E-state index is 14.3. The van der Waals surface area contributed by atoms with E-state index in [9.17, 15) is 9.18 Å². The van der Waals surface area contributed by atoms with Crippen molar-refractivity contribution in [2.24, 2.45) is 13.0 Å². The number of fused-ring (bicyclic) bond motifs is 1. The number of nitrogens with one attached hydrogen (secondary N) is 2. The number of imidazole rings is 1. The Morgan fingerprint density at radius 3 is 2.53 bits per heavy atom. The summed E-state index contributed by atoms with van der Waals surface area (Å²) < 4.78 is 15.8. The van der Waals surface area contributed by atoms with Crippen LogP contribution in [0.2, 0.25) is 5.02 Å². The second kappa shape index (κ2) is 9.58. The molecule has 0 fully saturated rings. The van der Waals surface area contributed by atoms with Crippen LogP contribution in [0.4, 0.5) is 4.39 Å². The average Bonchev–Trinajstić information content (AvgIpc) is 3.40. The highest BCUT2D eigenvalue weighted by molar-refractivity contribution is 6.31. The largest absolute Gasteiger partial charge is 0.340 e. The third kappa shape index (κ3) is 4.71. The van der Waals surface area contributed by atoms with Gasteiger partial charge < -0.3 is 10.3 Å². The summed E-state index contributed by atoms with van der Waals surface area (Å²) in [7, 11) is 1.71. The summed E-state index contributed by atoms with van der Waals surface area (Å²) in [5, 5.41) is 7.67. The highest BCUT2D eigenvalue weighted by atomic mass is 35.5. The van der Waals surface area contributed by atoms with Crippen LogP contribution in [0.3, 0.4) is 0 Å². The minimum Gasteiger partial charge on any atom is -0.340 e. The summed E-state index contributed by atoms with van der Waals surface area (Å²) in [5.74, 6) is -0.0583. The SMILES string of the molecule is CC(C)c1ccc2nc(C(NC(=O)c3ccnn3C)C(c3cc(F)ccc3Cl)C(C)C)[nH]c2c1. The van der Waals surface area contributed by atoms with E-state index < -0.39 is 6.04 Å². The van der Waals surface area contributed by atoms with Gasteiger partial charge >= 0.3 is 0 Å². The first-order chi connectivity index (χ1) is 16.2. The topological polar surface area (TPSA) is 75.6 Å². The van der Waals surface area contributed by atoms with Crippen LogP contribution in [0.25, 0.3) is 11.0 Å². The molecule has 0 aliphatic heterocycles. The zero-order valence-corrected chi connectivity index (χ0v) is 20.7. The van der Waals surface area contributed by atoms with Gasteiger partial charge in [0.2, 0.25) is 0 Å². The predicted octanol–water partition coefficient (Wildman–Crippen LogP) is 6.12. The number of carbonyl (C=O) groups is 1. The molecule has 0 aliphatic rings. The number of aromatic amines is 1. The van der Waals surface area contributed by atoms with Gasteiger partial charge in [-0.3, -0.25) is 9.48 Å². The Balaban J connectivity index is 1.85. The number of carbonyl (C=O) groups excluding carboxylic acids is 1. The third-order valence-electron chi connectivity index (χ3n) is 6.22. The lowest BCUT2D eigenvalue weighted by Crippen LogP contribution is -2.36.